The molecule has 2 fully saturated rings. The first-order valence-electron chi connectivity index (χ1n) is 7.20. The second-order valence-corrected chi connectivity index (χ2v) is 6.74. The predicted octanol–water partition coefficient (Wildman–Crippen LogP) is 1.17. The molecule has 1 amide bonds. The number of carbonyl (C=O) groups excluding carboxylic acids is 1. The number of rotatable bonds is 3. The molecule has 0 saturated carbocycles. The second-order valence-electron chi connectivity index (χ2n) is 6.74. The molecule has 0 bridgehead atoms. The van der Waals surface area contributed by atoms with Gasteiger partial charge in [0, 0.05) is 39.3 Å². The van der Waals surface area contributed by atoms with Gasteiger partial charge in [-0.1, -0.05) is 0 Å². The Morgan fingerprint density at radius 1 is 1.21 bits per heavy atom. The normalized spacial score (nSPS) is 27.7. The third kappa shape index (κ3) is 3.83. The zero-order valence-electron chi connectivity index (χ0n) is 12.3. The smallest absolute Gasteiger partial charge is 0.410 e. The maximum atomic E-state index is 12.0. The fourth-order valence-corrected chi connectivity index (χ4v) is 3.04. The topological polar surface area (TPSA) is 53.0 Å². The fourth-order valence-electron chi connectivity index (χ4n) is 3.04. The van der Waals surface area contributed by atoms with Crippen LogP contribution in [0.25, 0.3) is 0 Å². The van der Waals surface area contributed by atoms with Crippen molar-refractivity contribution in [2.45, 2.75) is 32.8 Å². The number of ether oxygens (including phenoxy) is 1. The number of carbonyl (C=O) groups is 1. The quantitative estimate of drug-likeness (QED) is 0.836. The molecular formula is C14H26N2O3. The lowest BCUT2D eigenvalue weighted by atomic mass is 10.0. The van der Waals surface area contributed by atoms with Crippen molar-refractivity contribution in [3.8, 4) is 0 Å². The Morgan fingerprint density at radius 2 is 1.79 bits per heavy atom. The number of aliphatic hydroxyl groups is 1. The number of nitrogens with zero attached hydrogens (tertiary/aromatic N) is 2. The van der Waals surface area contributed by atoms with E-state index in [1.54, 1.807) is 0 Å². The van der Waals surface area contributed by atoms with Crippen molar-refractivity contribution in [1.29, 1.82) is 0 Å². The van der Waals surface area contributed by atoms with Crippen molar-refractivity contribution in [3.63, 3.8) is 0 Å². The van der Waals surface area contributed by atoms with Crippen LogP contribution in [0.2, 0.25) is 0 Å². The summed E-state index contributed by atoms with van der Waals surface area (Å²) in [7, 11) is 0. The van der Waals surface area contributed by atoms with Gasteiger partial charge in [0.1, 0.15) is 5.60 Å². The summed E-state index contributed by atoms with van der Waals surface area (Å²) in [6, 6.07) is 0. The zero-order chi connectivity index (χ0) is 14.0. The summed E-state index contributed by atoms with van der Waals surface area (Å²) in [5.41, 5.74) is -0.415. The van der Waals surface area contributed by atoms with Crippen molar-refractivity contribution in [2.24, 2.45) is 11.8 Å². The van der Waals surface area contributed by atoms with Gasteiger partial charge >= 0.3 is 6.09 Å². The van der Waals surface area contributed by atoms with E-state index in [0.29, 0.717) is 11.8 Å². The monoisotopic (exact) mass is 270 g/mol. The van der Waals surface area contributed by atoms with E-state index < -0.39 is 5.60 Å². The third-order valence-electron chi connectivity index (χ3n) is 3.85. The van der Waals surface area contributed by atoms with E-state index in [0.717, 1.165) is 39.1 Å². The van der Waals surface area contributed by atoms with Gasteiger partial charge in [0.15, 0.2) is 0 Å². The molecule has 0 aromatic carbocycles. The Kier molecular flexibility index (Phi) is 4.36. The van der Waals surface area contributed by atoms with Gasteiger partial charge in [0.2, 0.25) is 0 Å². The summed E-state index contributed by atoms with van der Waals surface area (Å²) in [4.78, 5) is 16.3. The lowest BCUT2D eigenvalue weighted by molar-refractivity contribution is 0.0274. The molecule has 110 valence electrons. The van der Waals surface area contributed by atoms with Crippen LogP contribution in [0.3, 0.4) is 0 Å². The summed E-state index contributed by atoms with van der Waals surface area (Å²) in [5.74, 6) is 1.15. The molecule has 0 aromatic rings. The van der Waals surface area contributed by atoms with E-state index in [2.05, 4.69) is 4.90 Å². The summed E-state index contributed by atoms with van der Waals surface area (Å²) in [6.07, 6.45) is 0.665. The molecule has 2 atom stereocenters. The highest BCUT2D eigenvalue weighted by Gasteiger charge is 2.42. The van der Waals surface area contributed by atoms with Crippen molar-refractivity contribution in [2.75, 3.05) is 39.3 Å². The minimum atomic E-state index is -0.415. The molecule has 5 nitrogen and oxygen atoms in total. The number of hydrogen-bond donors (Lipinski definition) is 1. The van der Waals surface area contributed by atoms with Crippen LogP contribution in [-0.4, -0.2) is 65.9 Å². The maximum Gasteiger partial charge on any atom is 0.410 e. The highest BCUT2D eigenvalue weighted by atomic mass is 16.6. The molecule has 0 aliphatic carbocycles. The lowest BCUT2D eigenvalue weighted by Gasteiger charge is -2.26. The Labute approximate surface area is 115 Å². The summed E-state index contributed by atoms with van der Waals surface area (Å²) >= 11 is 0. The van der Waals surface area contributed by atoms with E-state index >= 15 is 0 Å². The minimum Gasteiger partial charge on any atom is -0.444 e. The molecule has 2 saturated heterocycles. The molecule has 1 N–H and O–H groups in total. The second kappa shape index (κ2) is 5.67. The first-order chi connectivity index (χ1) is 8.89. The molecule has 19 heavy (non-hydrogen) atoms. The number of fused-ring (bicyclic) bond motifs is 1. The van der Waals surface area contributed by atoms with Crippen LogP contribution < -0.4 is 0 Å². The van der Waals surface area contributed by atoms with Crippen molar-refractivity contribution in [3.05, 3.63) is 0 Å². The summed E-state index contributed by atoms with van der Waals surface area (Å²) in [5, 5.41) is 8.86. The molecule has 0 aromatic heterocycles. The van der Waals surface area contributed by atoms with Crippen molar-refractivity contribution >= 4 is 6.09 Å². The van der Waals surface area contributed by atoms with Crippen molar-refractivity contribution in [1.82, 2.24) is 9.80 Å². The van der Waals surface area contributed by atoms with Gasteiger partial charge in [-0.3, -0.25) is 0 Å². The number of likely N-dealkylation sites (tertiary alicyclic amines) is 2. The van der Waals surface area contributed by atoms with E-state index in [4.69, 9.17) is 9.84 Å². The molecule has 2 rings (SSSR count). The van der Waals surface area contributed by atoms with Gasteiger partial charge < -0.3 is 19.6 Å². The highest BCUT2D eigenvalue weighted by Crippen LogP contribution is 2.31. The van der Waals surface area contributed by atoms with Crippen LogP contribution in [0.15, 0.2) is 0 Å². The largest absolute Gasteiger partial charge is 0.444 e. The van der Waals surface area contributed by atoms with Crippen LogP contribution >= 0.6 is 0 Å². The van der Waals surface area contributed by atoms with Gasteiger partial charge in [0.05, 0.1) is 0 Å². The van der Waals surface area contributed by atoms with Gasteiger partial charge in [0.25, 0.3) is 0 Å². The van der Waals surface area contributed by atoms with Gasteiger partial charge in [-0.2, -0.15) is 0 Å². The van der Waals surface area contributed by atoms with Crippen LogP contribution in [0, 0.1) is 11.8 Å². The van der Waals surface area contributed by atoms with E-state index in [-0.39, 0.29) is 12.7 Å². The van der Waals surface area contributed by atoms with E-state index in [1.807, 2.05) is 25.7 Å². The van der Waals surface area contributed by atoms with Crippen LogP contribution in [0.4, 0.5) is 4.79 Å². The Hall–Kier alpha value is -0.810. The van der Waals surface area contributed by atoms with Gasteiger partial charge in [-0.25, -0.2) is 4.79 Å². The predicted molar refractivity (Wildman–Crippen MR) is 72.9 cm³/mol. The van der Waals surface area contributed by atoms with Gasteiger partial charge in [-0.15, -0.1) is 0 Å². The molecule has 0 radical (unpaired) electrons. The van der Waals surface area contributed by atoms with Crippen molar-refractivity contribution < 1.29 is 14.6 Å². The van der Waals surface area contributed by atoms with Gasteiger partial charge in [-0.05, 0) is 39.0 Å². The van der Waals surface area contributed by atoms with Crippen LogP contribution in [0.5, 0.6) is 0 Å². The average Bonchev–Trinajstić information content (AvgIpc) is 2.81. The maximum absolute atomic E-state index is 12.0. The molecule has 0 spiro atoms. The summed E-state index contributed by atoms with van der Waals surface area (Å²) < 4.78 is 5.42. The first kappa shape index (κ1) is 14.6. The van der Waals surface area contributed by atoms with E-state index in [1.165, 1.54) is 0 Å². The molecule has 2 heterocycles. The molecule has 2 aliphatic rings. The average molecular weight is 270 g/mol. The zero-order valence-corrected chi connectivity index (χ0v) is 12.3. The fraction of sp³-hybridized carbons (Fsp3) is 0.929. The molecule has 2 aliphatic heterocycles. The van der Waals surface area contributed by atoms with Crippen LogP contribution in [-0.2, 0) is 4.74 Å². The van der Waals surface area contributed by atoms with E-state index in [9.17, 15) is 4.79 Å². The Morgan fingerprint density at radius 3 is 2.26 bits per heavy atom. The number of hydrogen-bond acceptors (Lipinski definition) is 4. The SMILES string of the molecule is CC(C)(C)OC(=O)N1C[C@H]2CN(CCCO)C[C@H]2C1. The standard InChI is InChI=1S/C14H26N2O3/c1-14(2,3)19-13(18)16-9-11-7-15(5-4-6-17)8-12(11)10-16/h11-12,17H,4-10H2,1-3H3/t11-,12+. The first-order valence-corrected chi connectivity index (χ1v) is 7.20. The highest BCUT2D eigenvalue weighted by molar-refractivity contribution is 5.68. The molecule has 5 heteroatoms. The van der Waals surface area contributed by atoms with Crippen LogP contribution in [0.1, 0.15) is 27.2 Å². The lowest BCUT2D eigenvalue weighted by Crippen LogP contribution is -2.37. The third-order valence-corrected chi connectivity index (χ3v) is 3.85. The minimum absolute atomic E-state index is 0.177. The number of amides is 1. The summed E-state index contributed by atoms with van der Waals surface area (Å²) in [6.45, 7) is 10.7. The Balaban J connectivity index is 1.79. The Bertz CT molecular complexity index is 313. The molecular weight excluding hydrogens is 244 g/mol. The molecule has 0 unspecified atom stereocenters. The number of aliphatic hydroxyl groups excluding tert-OH is 1.